The first kappa shape index (κ1) is 24.2. The molecule has 15 heteroatoms. The van der Waals surface area contributed by atoms with Crippen molar-refractivity contribution in [1.29, 1.82) is 0 Å². The molecule has 2 aromatic rings. The molecule has 2 heterocycles. The Kier molecular flexibility index (Phi) is 7.35. The molecule has 3 rings (SSSR count). The van der Waals surface area contributed by atoms with Crippen LogP contribution in [0.4, 0.5) is 23.1 Å². The number of anilines is 2. The quantitative estimate of drug-likeness (QED) is 0.297. The van der Waals surface area contributed by atoms with Crippen molar-refractivity contribution in [2.75, 3.05) is 49.6 Å². The largest absolute Gasteiger partial charge is 0.378 e. The van der Waals surface area contributed by atoms with Gasteiger partial charge in [0.1, 0.15) is 11.4 Å². The molecule has 1 aromatic carbocycles. The maximum Gasteiger partial charge on any atom is 0.280 e. The molecule has 178 valence electrons. The first-order chi connectivity index (χ1) is 15.6. The summed E-state index contributed by atoms with van der Waals surface area (Å²) >= 11 is 0. The predicted molar refractivity (Wildman–Crippen MR) is 118 cm³/mol. The first-order valence-electron chi connectivity index (χ1n) is 9.94. The van der Waals surface area contributed by atoms with Crippen molar-refractivity contribution in [3.63, 3.8) is 0 Å². The number of hydrogen-bond donors (Lipinski definition) is 2. The molecule has 1 fully saturated rings. The topological polar surface area (TPSA) is 183 Å². The molecule has 0 unspecified atom stereocenters. The summed E-state index contributed by atoms with van der Waals surface area (Å²) in [4.78, 5) is 30.9. The van der Waals surface area contributed by atoms with E-state index in [9.17, 15) is 28.6 Å². The fourth-order valence-electron chi connectivity index (χ4n) is 3.22. The number of aromatic nitrogens is 2. The molecule has 0 radical (unpaired) electrons. The number of sulfonamides is 1. The lowest BCUT2D eigenvalue weighted by Crippen LogP contribution is -2.37. The molecule has 0 atom stereocenters. The van der Waals surface area contributed by atoms with Gasteiger partial charge in [0, 0.05) is 50.1 Å². The Morgan fingerprint density at radius 3 is 2.21 bits per heavy atom. The lowest BCUT2D eigenvalue weighted by atomic mass is 10.1. The Balaban J connectivity index is 1.68. The molecular formula is C18H23N7O7S. The molecule has 0 spiro atoms. The summed E-state index contributed by atoms with van der Waals surface area (Å²) in [5, 5.41) is 25.3. The number of nitrogens with one attached hydrogen (secondary N) is 2. The molecule has 0 aliphatic carbocycles. The average molecular weight is 481 g/mol. The van der Waals surface area contributed by atoms with E-state index >= 15 is 0 Å². The normalized spacial score (nSPS) is 14.2. The minimum absolute atomic E-state index is 0.109. The van der Waals surface area contributed by atoms with Gasteiger partial charge in [0.15, 0.2) is 0 Å². The summed E-state index contributed by atoms with van der Waals surface area (Å²) in [7, 11) is -4.24. The summed E-state index contributed by atoms with van der Waals surface area (Å²) in [6.07, 6.45) is 0. The van der Waals surface area contributed by atoms with Crippen molar-refractivity contribution >= 4 is 33.2 Å². The molecule has 33 heavy (non-hydrogen) atoms. The number of benzene rings is 1. The van der Waals surface area contributed by atoms with Gasteiger partial charge in [-0.15, -0.1) is 0 Å². The number of rotatable bonds is 9. The van der Waals surface area contributed by atoms with E-state index in [2.05, 4.69) is 24.9 Å². The van der Waals surface area contributed by atoms with Crippen LogP contribution in [0.2, 0.25) is 0 Å². The summed E-state index contributed by atoms with van der Waals surface area (Å²) < 4.78 is 32.8. The number of hydrogen-bond acceptors (Lipinski definition) is 11. The lowest BCUT2D eigenvalue weighted by molar-refractivity contribution is -0.395. The van der Waals surface area contributed by atoms with E-state index in [-0.39, 0.29) is 18.7 Å². The summed E-state index contributed by atoms with van der Waals surface area (Å²) in [6.45, 7) is 5.61. The SMILES string of the molecule is Cc1cc(N2CCOCC2)nc(NCCNS(=O)(=O)c2cc([N+](=O)[O-])c(C)c([N+](=O)[O-])c2)n1. The number of nitro benzene ring substituents is 2. The minimum Gasteiger partial charge on any atom is -0.378 e. The van der Waals surface area contributed by atoms with Gasteiger partial charge in [-0.2, -0.15) is 4.98 Å². The molecule has 1 aromatic heterocycles. The van der Waals surface area contributed by atoms with Crippen molar-refractivity contribution in [2.24, 2.45) is 0 Å². The molecular weight excluding hydrogens is 458 g/mol. The maximum absolute atomic E-state index is 12.6. The van der Waals surface area contributed by atoms with Crippen LogP contribution in [0.3, 0.4) is 0 Å². The average Bonchev–Trinajstić information content (AvgIpc) is 2.76. The second-order valence-corrected chi connectivity index (χ2v) is 8.98. The van der Waals surface area contributed by atoms with Gasteiger partial charge in [-0.25, -0.2) is 18.1 Å². The van der Waals surface area contributed by atoms with Crippen molar-refractivity contribution in [3.05, 3.63) is 49.7 Å². The molecule has 0 bridgehead atoms. The highest BCUT2D eigenvalue weighted by Gasteiger charge is 2.27. The Bertz CT molecular complexity index is 1130. The van der Waals surface area contributed by atoms with Crippen molar-refractivity contribution in [1.82, 2.24) is 14.7 Å². The van der Waals surface area contributed by atoms with Crippen LogP contribution in [-0.2, 0) is 14.8 Å². The zero-order valence-electron chi connectivity index (χ0n) is 18.0. The standard InChI is InChI=1S/C18H23N7O7S/c1-12-9-17(23-5-7-32-8-6-23)22-18(21-12)19-3-4-20-33(30,31)14-10-15(24(26)27)13(2)16(11-14)25(28)29/h9-11,20H,3-8H2,1-2H3,(H,19,21,22). The van der Waals surface area contributed by atoms with Gasteiger partial charge in [0.2, 0.25) is 16.0 Å². The number of nitro groups is 2. The highest BCUT2D eigenvalue weighted by Crippen LogP contribution is 2.31. The van der Waals surface area contributed by atoms with Crippen LogP contribution in [0.5, 0.6) is 0 Å². The Labute approximate surface area is 189 Å². The zero-order chi connectivity index (χ0) is 24.2. The van der Waals surface area contributed by atoms with E-state index in [4.69, 9.17) is 4.74 Å². The van der Waals surface area contributed by atoms with Gasteiger partial charge in [-0.1, -0.05) is 0 Å². The summed E-state index contributed by atoms with van der Waals surface area (Å²) in [6, 6.07) is 3.45. The molecule has 0 amide bonds. The van der Waals surface area contributed by atoms with Gasteiger partial charge in [-0.3, -0.25) is 20.2 Å². The van der Waals surface area contributed by atoms with Crippen molar-refractivity contribution in [2.45, 2.75) is 18.7 Å². The molecule has 0 saturated carbocycles. The van der Waals surface area contributed by atoms with Gasteiger partial charge in [-0.05, 0) is 13.8 Å². The molecule has 14 nitrogen and oxygen atoms in total. The van der Waals surface area contributed by atoms with Crippen LogP contribution in [0.1, 0.15) is 11.3 Å². The van der Waals surface area contributed by atoms with Gasteiger partial charge >= 0.3 is 0 Å². The third-order valence-corrected chi connectivity index (χ3v) is 6.35. The maximum atomic E-state index is 12.6. The second kappa shape index (κ2) is 10.0. The third kappa shape index (κ3) is 5.88. The van der Waals surface area contributed by atoms with E-state index in [1.165, 1.54) is 6.92 Å². The first-order valence-corrected chi connectivity index (χ1v) is 11.4. The monoisotopic (exact) mass is 481 g/mol. The smallest absolute Gasteiger partial charge is 0.280 e. The van der Waals surface area contributed by atoms with Crippen LogP contribution in [0.15, 0.2) is 23.1 Å². The Morgan fingerprint density at radius 1 is 1.03 bits per heavy atom. The van der Waals surface area contributed by atoms with E-state index in [1.807, 2.05) is 13.0 Å². The molecule has 2 N–H and O–H groups in total. The van der Waals surface area contributed by atoms with Gasteiger partial charge < -0.3 is 15.0 Å². The van der Waals surface area contributed by atoms with Crippen LogP contribution >= 0.6 is 0 Å². The minimum atomic E-state index is -4.24. The second-order valence-electron chi connectivity index (χ2n) is 7.22. The Hall–Kier alpha value is -3.43. The van der Waals surface area contributed by atoms with Crippen LogP contribution < -0.4 is 14.9 Å². The highest BCUT2D eigenvalue weighted by molar-refractivity contribution is 7.89. The molecule has 1 aliphatic heterocycles. The van der Waals surface area contributed by atoms with Gasteiger partial charge in [0.25, 0.3) is 11.4 Å². The van der Waals surface area contributed by atoms with E-state index in [0.717, 1.165) is 23.6 Å². The number of ether oxygens (including phenoxy) is 1. The molecule has 1 aliphatic rings. The fraction of sp³-hybridized carbons (Fsp3) is 0.444. The lowest BCUT2D eigenvalue weighted by Gasteiger charge is -2.28. The van der Waals surface area contributed by atoms with Crippen LogP contribution in [0.25, 0.3) is 0 Å². The van der Waals surface area contributed by atoms with Crippen LogP contribution in [0, 0.1) is 34.1 Å². The number of aryl methyl sites for hydroxylation is 1. The van der Waals surface area contributed by atoms with E-state index in [0.29, 0.717) is 32.3 Å². The summed E-state index contributed by atoms with van der Waals surface area (Å²) in [5.41, 5.74) is -0.787. The van der Waals surface area contributed by atoms with Crippen molar-refractivity contribution in [3.8, 4) is 0 Å². The highest BCUT2D eigenvalue weighted by atomic mass is 32.2. The molecule has 1 saturated heterocycles. The zero-order valence-corrected chi connectivity index (χ0v) is 18.8. The number of nitrogens with zero attached hydrogens (tertiary/aromatic N) is 5. The summed E-state index contributed by atoms with van der Waals surface area (Å²) in [5.74, 6) is 1.05. The number of morpholine rings is 1. The predicted octanol–water partition coefficient (Wildman–Crippen LogP) is 1.14. The van der Waals surface area contributed by atoms with Crippen LogP contribution in [-0.4, -0.2) is 67.6 Å². The van der Waals surface area contributed by atoms with E-state index in [1.54, 1.807) is 0 Å². The third-order valence-electron chi connectivity index (χ3n) is 4.91. The van der Waals surface area contributed by atoms with E-state index < -0.39 is 36.1 Å². The fourth-order valence-corrected chi connectivity index (χ4v) is 4.29. The van der Waals surface area contributed by atoms with Crippen molar-refractivity contribution < 1.29 is 23.0 Å². The Morgan fingerprint density at radius 2 is 1.64 bits per heavy atom. The van der Waals surface area contributed by atoms with Gasteiger partial charge in [0.05, 0.1) is 28.0 Å².